The second-order valence-electron chi connectivity index (χ2n) is 6.97. The molecule has 3 N–H and O–H groups in total. The van der Waals surface area contributed by atoms with Crippen molar-refractivity contribution >= 4 is 24.2 Å². The molecule has 0 aromatic heterocycles. The average Bonchev–Trinajstić information content (AvgIpc) is 2.60. The fourth-order valence-electron chi connectivity index (χ4n) is 3.04. The minimum absolute atomic E-state index is 0. The van der Waals surface area contributed by atoms with Crippen LogP contribution < -0.4 is 11.1 Å². The number of nitrogens with two attached hydrogens (primary N) is 1. The molecular formula is C19H30ClN3O2. The average molecular weight is 368 g/mol. The summed E-state index contributed by atoms with van der Waals surface area (Å²) in [6.07, 6.45) is 2.36. The molecule has 1 fully saturated rings. The van der Waals surface area contributed by atoms with Gasteiger partial charge in [0.15, 0.2) is 0 Å². The normalized spacial score (nSPS) is 18.4. The number of benzene rings is 1. The maximum atomic E-state index is 12.5. The minimum atomic E-state index is -0.264. The summed E-state index contributed by atoms with van der Waals surface area (Å²) in [5.74, 6) is 0.504. The summed E-state index contributed by atoms with van der Waals surface area (Å²) in [5, 5.41) is 2.98. The van der Waals surface area contributed by atoms with Crippen LogP contribution in [0.15, 0.2) is 30.3 Å². The Morgan fingerprint density at radius 2 is 1.96 bits per heavy atom. The summed E-state index contributed by atoms with van der Waals surface area (Å²) < 4.78 is 0. The van der Waals surface area contributed by atoms with Gasteiger partial charge in [-0.15, -0.1) is 12.4 Å². The highest BCUT2D eigenvalue weighted by molar-refractivity contribution is 5.85. The van der Waals surface area contributed by atoms with Gasteiger partial charge in [0, 0.05) is 38.0 Å². The predicted octanol–water partition coefficient (Wildman–Crippen LogP) is 2.51. The van der Waals surface area contributed by atoms with E-state index < -0.39 is 0 Å². The molecular weight excluding hydrogens is 338 g/mol. The highest BCUT2D eigenvalue weighted by Gasteiger charge is 2.25. The Morgan fingerprint density at radius 3 is 2.60 bits per heavy atom. The lowest BCUT2D eigenvalue weighted by atomic mass is 9.96. The number of hydrogen-bond donors (Lipinski definition) is 2. The van der Waals surface area contributed by atoms with Gasteiger partial charge in [0.2, 0.25) is 11.8 Å². The Labute approximate surface area is 156 Å². The zero-order valence-corrected chi connectivity index (χ0v) is 15.9. The van der Waals surface area contributed by atoms with E-state index in [0.29, 0.717) is 25.4 Å². The molecule has 2 rings (SSSR count). The van der Waals surface area contributed by atoms with Crippen LogP contribution in [0.25, 0.3) is 0 Å². The molecule has 0 spiro atoms. The number of carbonyl (C=O) groups is 2. The van der Waals surface area contributed by atoms with Crippen LogP contribution in [0.1, 0.15) is 44.7 Å². The van der Waals surface area contributed by atoms with Crippen molar-refractivity contribution in [3.63, 3.8) is 0 Å². The second-order valence-corrected chi connectivity index (χ2v) is 6.97. The molecule has 1 saturated heterocycles. The Balaban J connectivity index is 0.00000312. The summed E-state index contributed by atoms with van der Waals surface area (Å²) in [4.78, 5) is 26.1. The molecule has 1 aliphatic rings. The lowest BCUT2D eigenvalue weighted by molar-refractivity contribution is -0.133. The van der Waals surface area contributed by atoms with Crippen LogP contribution in [0.2, 0.25) is 0 Å². The number of amides is 2. The molecule has 0 bridgehead atoms. The molecule has 0 saturated carbocycles. The highest BCUT2D eigenvalue weighted by Crippen LogP contribution is 2.20. The van der Waals surface area contributed by atoms with E-state index in [4.69, 9.17) is 5.73 Å². The first-order valence-corrected chi connectivity index (χ1v) is 8.83. The fourth-order valence-corrected chi connectivity index (χ4v) is 3.04. The zero-order valence-electron chi connectivity index (χ0n) is 15.1. The van der Waals surface area contributed by atoms with E-state index in [-0.39, 0.29) is 36.2 Å². The van der Waals surface area contributed by atoms with Crippen LogP contribution in [0, 0.1) is 11.8 Å². The largest absolute Gasteiger partial charge is 0.356 e. The third kappa shape index (κ3) is 6.67. The first kappa shape index (κ1) is 21.5. The molecule has 5 nitrogen and oxygen atoms in total. The first-order valence-electron chi connectivity index (χ1n) is 8.83. The summed E-state index contributed by atoms with van der Waals surface area (Å²) in [5.41, 5.74) is 7.15. The van der Waals surface area contributed by atoms with Crippen molar-refractivity contribution in [3.05, 3.63) is 35.9 Å². The van der Waals surface area contributed by atoms with Gasteiger partial charge in [0.25, 0.3) is 0 Å². The minimum Gasteiger partial charge on any atom is -0.356 e. The number of hydrogen-bond acceptors (Lipinski definition) is 3. The van der Waals surface area contributed by atoms with Crippen molar-refractivity contribution in [3.8, 4) is 0 Å². The zero-order chi connectivity index (χ0) is 17.5. The summed E-state index contributed by atoms with van der Waals surface area (Å²) >= 11 is 0. The van der Waals surface area contributed by atoms with E-state index in [1.807, 2.05) is 49.1 Å². The van der Waals surface area contributed by atoms with Gasteiger partial charge in [-0.1, -0.05) is 44.2 Å². The van der Waals surface area contributed by atoms with Gasteiger partial charge in [-0.3, -0.25) is 9.59 Å². The number of likely N-dealkylation sites (tertiary alicyclic amines) is 1. The number of halogens is 1. The van der Waals surface area contributed by atoms with Crippen molar-refractivity contribution in [1.29, 1.82) is 0 Å². The van der Waals surface area contributed by atoms with E-state index in [2.05, 4.69) is 5.32 Å². The fraction of sp³-hybridized carbons (Fsp3) is 0.579. The van der Waals surface area contributed by atoms with Crippen LogP contribution in [-0.2, 0) is 9.59 Å². The number of carbonyl (C=O) groups excluding carboxylic acids is 2. The van der Waals surface area contributed by atoms with Crippen LogP contribution in [-0.4, -0.2) is 36.3 Å². The van der Waals surface area contributed by atoms with Gasteiger partial charge < -0.3 is 16.0 Å². The smallest absolute Gasteiger partial charge is 0.224 e. The molecule has 1 aromatic carbocycles. The molecule has 25 heavy (non-hydrogen) atoms. The number of nitrogens with zero attached hydrogens (tertiary/aromatic N) is 1. The molecule has 140 valence electrons. The van der Waals surface area contributed by atoms with E-state index >= 15 is 0 Å². The van der Waals surface area contributed by atoms with Crippen molar-refractivity contribution < 1.29 is 9.59 Å². The van der Waals surface area contributed by atoms with Crippen molar-refractivity contribution in [2.75, 3.05) is 19.6 Å². The Hall–Kier alpha value is -1.59. The van der Waals surface area contributed by atoms with E-state index in [0.717, 1.165) is 24.9 Å². The topological polar surface area (TPSA) is 75.4 Å². The second kappa shape index (κ2) is 10.4. The predicted molar refractivity (Wildman–Crippen MR) is 102 cm³/mol. The number of nitrogens with one attached hydrogen (secondary N) is 1. The van der Waals surface area contributed by atoms with Gasteiger partial charge in [-0.05, 0) is 24.3 Å². The Kier molecular flexibility index (Phi) is 8.93. The maximum Gasteiger partial charge on any atom is 0.224 e. The standard InChI is InChI=1S/C19H29N3O2.ClH/c1-14(2)19(24)21-12-15-7-6-10-22(13-15)18(23)11-17(20)16-8-4-3-5-9-16;/h3-5,8-9,14-15,17H,6-7,10-13,20H2,1-2H3,(H,21,24);1H. The van der Waals surface area contributed by atoms with Crippen molar-refractivity contribution in [2.45, 2.75) is 39.2 Å². The summed E-state index contributed by atoms with van der Waals surface area (Å²) in [6, 6.07) is 9.47. The highest BCUT2D eigenvalue weighted by atomic mass is 35.5. The van der Waals surface area contributed by atoms with Gasteiger partial charge in [0.1, 0.15) is 0 Å². The lowest BCUT2D eigenvalue weighted by Crippen LogP contribution is -2.44. The maximum absolute atomic E-state index is 12.5. The molecule has 0 aliphatic carbocycles. The number of piperidine rings is 1. The molecule has 2 atom stereocenters. The quantitative estimate of drug-likeness (QED) is 0.811. The van der Waals surface area contributed by atoms with E-state index in [9.17, 15) is 9.59 Å². The molecule has 6 heteroatoms. The van der Waals surface area contributed by atoms with Gasteiger partial charge in [-0.2, -0.15) is 0 Å². The summed E-state index contributed by atoms with van der Waals surface area (Å²) in [7, 11) is 0. The third-order valence-corrected chi connectivity index (χ3v) is 4.58. The molecule has 0 radical (unpaired) electrons. The van der Waals surface area contributed by atoms with Gasteiger partial charge >= 0.3 is 0 Å². The van der Waals surface area contributed by atoms with Crippen LogP contribution >= 0.6 is 12.4 Å². The van der Waals surface area contributed by atoms with Crippen LogP contribution in [0.4, 0.5) is 0 Å². The van der Waals surface area contributed by atoms with Gasteiger partial charge in [0.05, 0.1) is 0 Å². The van der Waals surface area contributed by atoms with Crippen LogP contribution in [0.5, 0.6) is 0 Å². The Bertz CT molecular complexity index is 551. The molecule has 2 unspecified atom stereocenters. The van der Waals surface area contributed by atoms with Gasteiger partial charge in [-0.25, -0.2) is 0 Å². The van der Waals surface area contributed by atoms with Crippen LogP contribution in [0.3, 0.4) is 0 Å². The van der Waals surface area contributed by atoms with Crippen molar-refractivity contribution in [2.24, 2.45) is 17.6 Å². The lowest BCUT2D eigenvalue weighted by Gasteiger charge is -2.33. The number of rotatable bonds is 6. The SMILES string of the molecule is CC(C)C(=O)NCC1CCCN(C(=O)CC(N)c2ccccc2)C1.Cl. The monoisotopic (exact) mass is 367 g/mol. The van der Waals surface area contributed by atoms with E-state index in [1.54, 1.807) is 0 Å². The van der Waals surface area contributed by atoms with E-state index in [1.165, 1.54) is 0 Å². The molecule has 1 aliphatic heterocycles. The Morgan fingerprint density at radius 1 is 1.28 bits per heavy atom. The van der Waals surface area contributed by atoms with Crippen molar-refractivity contribution in [1.82, 2.24) is 10.2 Å². The molecule has 1 heterocycles. The molecule has 1 aromatic rings. The molecule has 2 amide bonds. The first-order chi connectivity index (χ1) is 11.5. The third-order valence-electron chi connectivity index (χ3n) is 4.58. The summed E-state index contributed by atoms with van der Waals surface area (Å²) in [6.45, 7) is 5.91.